The van der Waals surface area contributed by atoms with E-state index in [2.05, 4.69) is 10.2 Å². The number of aromatic nitrogens is 2. The van der Waals surface area contributed by atoms with Gasteiger partial charge in [-0.3, -0.25) is 14.5 Å². The zero-order chi connectivity index (χ0) is 17.7. The van der Waals surface area contributed by atoms with Gasteiger partial charge in [-0.1, -0.05) is 12.1 Å². The predicted molar refractivity (Wildman–Crippen MR) is 98.7 cm³/mol. The van der Waals surface area contributed by atoms with Gasteiger partial charge in [0.25, 0.3) is 0 Å². The number of carbonyl (C=O) groups is 1. The van der Waals surface area contributed by atoms with Crippen LogP contribution in [0.25, 0.3) is 0 Å². The van der Waals surface area contributed by atoms with Crippen molar-refractivity contribution in [1.29, 1.82) is 0 Å². The molecule has 24 heavy (non-hydrogen) atoms. The fraction of sp³-hybridized carbons (Fsp3) is 0.278. The normalized spacial score (nSPS) is 12.2. The van der Waals surface area contributed by atoms with Crippen LogP contribution in [-0.2, 0) is 11.8 Å². The first-order valence-corrected chi connectivity index (χ1v) is 7.63. The molecule has 6 heteroatoms. The number of hydrogen-bond donors (Lipinski definition) is 0. The minimum atomic E-state index is 0.616. The molecule has 0 radical (unpaired) electrons. The second-order valence-corrected chi connectivity index (χ2v) is 5.83. The molecule has 0 saturated heterocycles. The lowest BCUT2D eigenvalue weighted by Gasteiger charge is -2.15. The van der Waals surface area contributed by atoms with E-state index in [-0.39, 0.29) is 0 Å². The third-order valence-corrected chi connectivity index (χ3v) is 3.55. The highest BCUT2D eigenvalue weighted by atomic mass is 16.1. The van der Waals surface area contributed by atoms with E-state index < -0.39 is 0 Å². The van der Waals surface area contributed by atoms with Crippen LogP contribution in [0.15, 0.2) is 53.4 Å². The highest BCUT2D eigenvalue weighted by Gasteiger charge is 2.07. The maximum absolute atomic E-state index is 11.0. The molecule has 0 fully saturated rings. The lowest BCUT2D eigenvalue weighted by atomic mass is 10.1. The second-order valence-electron chi connectivity index (χ2n) is 5.83. The number of aldehydes is 1. The Balaban J connectivity index is 2.40. The van der Waals surface area contributed by atoms with Crippen LogP contribution >= 0.6 is 0 Å². The monoisotopic (exact) mass is 325 g/mol. The Morgan fingerprint density at radius 3 is 2.33 bits per heavy atom. The van der Waals surface area contributed by atoms with Crippen LogP contribution in [0, 0.1) is 0 Å². The van der Waals surface area contributed by atoms with Crippen molar-refractivity contribution in [3.8, 4) is 0 Å². The molecule has 0 bridgehead atoms. The molecule has 0 aliphatic carbocycles. The largest absolute Gasteiger partial charge is 0.378 e. The van der Waals surface area contributed by atoms with Crippen LogP contribution in [0.5, 0.6) is 0 Å². The van der Waals surface area contributed by atoms with Crippen LogP contribution in [0.4, 0.5) is 11.4 Å². The molecule has 0 spiro atoms. The van der Waals surface area contributed by atoms with Gasteiger partial charge in [0.05, 0.1) is 17.6 Å². The van der Waals surface area contributed by atoms with Crippen molar-refractivity contribution in [2.45, 2.75) is 6.92 Å². The molecule has 0 unspecified atom stereocenters. The molecule has 2 rings (SSSR count). The molecule has 0 saturated carbocycles. The summed E-state index contributed by atoms with van der Waals surface area (Å²) in [7, 11) is 7.71. The zero-order valence-corrected chi connectivity index (χ0v) is 14.8. The van der Waals surface area contributed by atoms with Gasteiger partial charge in [-0.05, 0) is 30.7 Å². The number of rotatable bonds is 6. The topological polar surface area (TPSA) is 53.7 Å². The maximum Gasteiger partial charge on any atom is 0.145 e. The van der Waals surface area contributed by atoms with Gasteiger partial charge in [0, 0.05) is 45.6 Å². The summed E-state index contributed by atoms with van der Waals surface area (Å²) in [5, 5.41) is 10.5. The molecule has 0 atom stereocenters. The van der Waals surface area contributed by atoms with Crippen LogP contribution < -0.4 is 9.91 Å². The van der Waals surface area contributed by atoms with Gasteiger partial charge in [0.1, 0.15) is 6.29 Å². The number of allylic oxidation sites excluding steroid dienone is 2. The fourth-order valence-electron chi connectivity index (χ4n) is 2.14. The molecule has 0 amide bonds. The van der Waals surface area contributed by atoms with Crippen LogP contribution in [-0.4, -0.2) is 42.9 Å². The highest BCUT2D eigenvalue weighted by Crippen LogP contribution is 2.16. The van der Waals surface area contributed by atoms with E-state index in [4.69, 9.17) is 0 Å². The number of benzene rings is 1. The van der Waals surface area contributed by atoms with Gasteiger partial charge in [0.15, 0.2) is 0 Å². The summed E-state index contributed by atoms with van der Waals surface area (Å²) in [4.78, 5) is 13.1. The minimum Gasteiger partial charge on any atom is -0.378 e. The Kier molecular flexibility index (Phi) is 5.52. The summed E-state index contributed by atoms with van der Waals surface area (Å²) < 4.78 is 1.72. The number of anilines is 2. The molecular formula is C18H23N5O. The average Bonchev–Trinajstić information content (AvgIpc) is 3.00. The van der Waals surface area contributed by atoms with E-state index in [0.29, 0.717) is 5.57 Å². The van der Waals surface area contributed by atoms with Gasteiger partial charge in [-0.25, -0.2) is 0 Å². The summed E-state index contributed by atoms with van der Waals surface area (Å²) in [5.74, 6) is 0. The standard InChI is InChI=1S/C18H23N5O/c1-14(13-24)10-18(15-6-8-16(9-7-15)21(2)3)20-23(5)17-11-19-22(4)12-17/h6-13H,1-5H3/b14-10-,20-18+. The van der Waals surface area contributed by atoms with Crippen molar-refractivity contribution in [1.82, 2.24) is 9.78 Å². The molecular weight excluding hydrogens is 302 g/mol. The first-order valence-electron chi connectivity index (χ1n) is 7.63. The first-order chi connectivity index (χ1) is 11.4. The number of nitrogens with zero attached hydrogens (tertiary/aromatic N) is 5. The molecule has 126 valence electrons. The number of carbonyl (C=O) groups excluding carboxylic acids is 1. The van der Waals surface area contributed by atoms with Gasteiger partial charge >= 0.3 is 0 Å². The third kappa shape index (κ3) is 4.32. The number of hydrazone groups is 1. The van der Waals surface area contributed by atoms with Crippen molar-refractivity contribution in [3.05, 3.63) is 53.9 Å². The molecule has 1 heterocycles. The number of hydrogen-bond acceptors (Lipinski definition) is 5. The van der Waals surface area contributed by atoms with Gasteiger partial charge in [-0.15, -0.1) is 0 Å². The van der Waals surface area contributed by atoms with Gasteiger partial charge in [-0.2, -0.15) is 10.2 Å². The van der Waals surface area contributed by atoms with Crippen molar-refractivity contribution in [2.75, 3.05) is 31.1 Å². The van der Waals surface area contributed by atoms with E-state index in [9.17, 15) is 4.79 Å². The first kappa shape index (κ1) is 17.5. The second kappa shape index (κ2) is 7.59. The van der Waals surface area contributed by atoms with Crippen LogP contribution in [0.1, 0.15) is 12.5 Å². The van der Waals surface area contributed by atoms with Crippen LogP contribution in [0.2, 0.25) is 0 Å². The molecule has 2 aromatic rings. The summed E-state index contributed by atoms with van der Waals surface area (Å²) >= 11 is 0. The summed E-state index contributed by atoms with van der Waals surface area (Å²) in [6, 6.07) is 8.05. The minimum absolute atomic E-state index is 0.616. The SMILES string of the molecule is C/C(C=O)=C/C(=N\N(C)c1cnn(C)c1)c1ccc(N(C)C)cc1. The lowest BCUT2D eigenvalue weighted by Crippen LogP contribution is -2.13. The quantitative estimate of drug-likeness (QED) is 0.354. The van der Waals surface area contributed by atoms with Crippen LogP contribution in [0.3, 0.4) is 0 Å². The molecule has 1 aromatic heterocycles. The van der Waals surface area contributed by atoms with E-state index in [1.807, 2.05) is 63.6 Å². The Bertz CT molecular complexity index is 756. The Hall–Kier alpha value is -2.89. The number of aryl methyl sites for hydroxylation is 1. The van der Waals surface area contributed by atoms with E-state index in [1.54, 1.807) is 28.9 Å². The summed E-state index contributed by atoms with van der Waals surface area (Å²) in [6.07, 6.45) is 6.23. The highest BCUT2D eigenvalue weighted by molar-refractivity contribution is 6.11. The molecule has 0 aliphatic rings. The third-order valence-electron chi connectivity index (χ3n) is 3.55. The lowest BCUT2D eigenvalue weighted by molar-refractivity contribution is -0.104. The van der Waals surface area contributed by atoms with Gasteiger partial charge in [0.2, 0.25) is 0 Å². The van der Waals surface area contributed by atoms with E-state index >= 15 is 0 Å². The van der Waals surface area contributed by atoms with Crippen molar-refractivity contribution in [3.63, 3.8) is 0 Å². The molecule has 0 N–H and O–H groups in total. The Morgan fingerprint density at radius 1 is 1.17 bits per heavy atom. The Morgan fingerprint density at radius 2 is 1.83 bits per heavy atom. The van der Waals surface area contributed by atoms with Crippen molar-refractivity contribution < 1.29 is 4.79 Å². The smallest absolute Gasteiger partial charge is 0.145 e. The van der Waals surface area contributed by atoms with E-state index in [0.717, 1.165) is 28.9 Å². The van der Waals surface area contributed by atoms with Crippen molar-refractivity contribution in [2.24, 2.45) is 12.1 Å². The van der Waals surface area contributed by atoms with Gasteiger partial charge < -0.3 is 4.90 Å². The summed E-state index contributed by atoms with van der Waals surface area (Å²) in [6.45, 7) is 1.76. The maximum atomic E-state index is 11.0. The molecule has 0 aliphatic heterocycles. The molecule has 6 nitrogen and oxygen atoms in total. The summed E-state index contributed by atoms with van der Waals surface area (Å²) in [5.41, 5.74) is 4.26. The van der Waals surface area contributed by atoms with Crippen molar-refractivity contribution >= 4 is 23.4 Å². The Labute approximate surface area is 142 Å². The zero-order valence-electron chi connectivity index (χ0n) is 14.8. The van der Waals surface area contributed by atoms with E-state index in [1.165, 1.54) is 0 Å². The average molecular weight is 325 g/mol. The predicted octanol–water partition coefficient (Wildman–Crippen LogP) is 2.47. The fourth-order valence-corrected chi connectivity index (χ4v) is 2.14. The molecule has 1 aromatic carbocycles.